The maximum atomic E-state index is 5.36. The lowest BCUT2D eigenvalue weighted by atomic mass is 10.3. The summed E-state index contributed by atoms with van der Waals surface area (Å²) in [5.74, 6) is 6.70. The summed E-state index contributed by atoms with van der Waals surface area (Å²) in [5, 5.41) is 3.21. The molecule has 6 heteroatoms. The van der Waals surface area contributed by atoms with Gasteiger partial charge in [-0.3, -0.25) is 0 Å². The topological polar surface area (TPSA) is 75.9 Å². The van der Waals surface area contributed by atoms with Gasteiger partial charge < -0.3 is 10.7 Å². The van der Waals surface area contributed by atoms with Crippen molar-refractivity contribution in [3.8, 4) is 0 Å². The van der Waals surface area contributed by atoms with Crippen LogP contribution in [0.2, 0.25) is 0 Å². The molecule has 0 fully saturated rings. The van der Waals surface area contributed by atoms with E-state index < -0.39 is 0 Å². The van der Waals surface area contributed by atoms with Gasteiger partial charge in [0.1, 0.15) is 18.0 Å². The van der Waals surface area contributed by atoms with Crippen LogP contribution in [0.1, 0.15) is 5.56 Å². The maximum Gasteiger partial charge on any atom is 0.148 e. The van der Waals surface area contributed by atoms with Gasteiger partial charge in [0.25, 0.3) is 0 Å². The highest BCUT2D eigenvalue weighted by Crippen LogP contribution is 2.22. The predicted molar refractivity (Wildman–Crippen MR) is 72.0 cm³/mol. The summed E-state index contributed by atoms with van der Waals surface area (Å²) in [7, 11) is 0. The minimum Gasteiger partial charge on any atom is -0.340 e. The quantitative estimate of drug-likeness (QED) is 0.599. The molecule has 17 heavy (non-hydrogen) atoms. The first-order chi connectivity index (χ1) is 8.20. The Balaban J connectivity index is 2.27. The molecule has 0 saturated carbocycles. The van der Waals surface area contributed by atoms with Crippen molar-refractivity contribution in [2.75, 3.05) is 10.7 Å². The molecule has 88 valence electrons. The first kappa shape index (κ1) is 11.8. The Morgan fingerprint density at radius 1 is 1.12 bits per heavy atom. The Hall–Kier alpha value is -1.66. The van der Waals surface area contributed by atoms with E-state index in [9.17, 15) is 0 Å². The number of nitrogens with one attached hydrogen (secondary N) is 2. The molecular weight excluding hydrogens is 282 g/mol. The normalized spacial score (nSPS) is 10.1. The predicted octanol–water partition coefficient (Wildman–Crippen LogP) is 2.58. The van der Waals surface area contributed by atoms with Crippen LogP contribution in [-0.4, -0.2) is 9.97 Å². The smallest absolute Gasteiger partial charge is 0.148 e. The van der Waals surface area contributed by atoms with Crippen LogP contribution in [0, 0.1) is 6.92 Å². The largest absolute Gasteiger partial charge is 0.340 e. The van der Waals surface area contributed by atoms with Gasteiger partial charge >= 0.3 is 0 Å². The number of hydrazine groups is 1. The molecule has 0 spiro atoms. The van der Waals surface area contributed by atoms with Crippen molar-refractivity contribution in [2.45, 2.75) is 6.92 Å². The van der Waals surface area contributed by atoms with Gasteiger partial charge in [0.15, 0.2) is 0 Å². The van der Waals surface area contributed by atoms with E-state index >= 15 is 0 Å². The van der Waals surface area contributed by atoms with E-state index in [1.165, 1.54) is 6.33 Å². The number of hydrogen-bond donors (Lipinski definition) is 3. The highest BCUT2D eigenvalue weighted by Gasteiger charge is 2.05. The van der Waals surface area contributed by atoms with Gasteiger partial charge in [-0.2, -0.15) is 0 Å². The lowest BCUT2D eigenvalue weighted by Gasteiger charge is -2.10. The van der Waals surface area contributed by atoms with Gasteiger partial charge in [0, 0.05) is 15.7 Å². The molecule has 0 saturated heterocycles. The molecule has 0 amide bonds. The van der Waals surface area contributed by atoms with Gasteiger partial charge in [-0.1, -0.05) is 15.9 Å². The zero-order valence-electron chi connectivity index (χ0n) is 9.24. The fraction of sp³-hybridized carbons (Fsp3) is 0.0909. The first-order valence-electron chi connectivity index (χ1n) is 5.01. The summed E-state index contributed by atoms with van der Waals surface area (Å²) in [6.45, 7) is 1.90. The van der Waals surface area contributed by atoms with Crippen LogP contribution in [0.4, 0.5) is 17.3 Å². The van der Waals surface area contributed by atoms with E-state index in [2.05, 4.69) is 36.6 Å². The minimum absolute atomic E-state index is 0.611. The fourth-order valence-electron chi connectivity index (χ4n) is 1.39. The Bertz CT molecular complexity index is 512. The van der Waals surface area contributed by atoms with E-state index in [4.69, 9.17) is 5.84 Å². The van der Waals surface area contributed by atoms with Crippen molar-refractivity contribution >= 4 is 33.3 Å². The fourth-order valence-corrected chi connectivity index (χ4v) is 1.66. The molecule has 4 N–H and O–H groups in total. The number of hydrogen-bond acceptors (Lipinski definition) is 5. The summed E-state index contributed by atoms with van der Waals surface area (Å²) in [4.78, 5) is 8.19. The average Bonchev–Trinajstić information content (AvgIpc) is 2.35. The summed E-state index contributed by atoms with van der Waals surface area (Å²) < 4.78 is 1.03. The Kier molecular flexibility index (Phi) is 3.55. The van der Waals surface area contributed by atoms with E-state index in [1.54, 1.807) is 0 Å². The Morgan fingerprint density at radius 2 is 1.76 bits per heavy atom. The molecule has 1 heterocycles. The van der Waals surface area contributed by atoms with Crippen molar-refractivity contribution in [1.82, 2.24) is 9.97 Å². The summed E-state index contributed by atoms with van der Waals surface area (Å²) in [6, 6.07) is 7.84. The lowest BCUT2D eigenvalue weighted by molar-refractivity contribution is 1.11. The Labute approximate surface area is 108 Å². The molecule has 0 bridgehead atoms. The van der Waals surface area contributed by atoms with Crippen LogP contribution < -0.4 is 16.6 Å². The van der Waals surface area contributed by atoms with Crippen LogP contribution in [-0.2, 0) is 0 Å². The number of nitrogens with two attached hydrogens (primary N) is 1. The van der Waals surface area contributed by atoms with E-state index in [1.807, 2.05) is 31.2 Å². The third-order valence-corrected chi connectivity index (χ3v) is 2.86. The van der Waals surface area contributed by atoms with Crippen molar-refractivity contribution in [1.29, 1.82) is 0 Å². The molecule has 0 aliphatic heterocycles. The highest BCUT2D eigenvalue weighted by atomic mass is 79.9. The number of nitrogens with zero attached hydrogens (tertiary/aromatic N) is 2. The molecule has 0 unspecified atom stereocenters. The summed E-state index contributed by atoms with van der Waals surface area (Å²) in [6.07, 6.45) is 1.46. The molecule has 0 aliphatic rings. The number of anilines is 3. The zero-order chi connectivity index (χ0) is 12.3. The van der Waals surface area contributed by atoms with Crippen LogP contribution in [0.3, 0.4) is 0 Å². The Morgan fingerprint density at radius 3 is 2.41 bits per heavy atom. The van der Waals surface area contributed by atoms with Crippen LogP contribution in [0.15, 0.2) is 35.1 Å². The second-order valence-corrected chi connectivity index (χ2v) is 4.39. The molecule has 2 rings (SSSR count). The van der Waals surface area contributed by atoms with Crippen molar-refractivity contribution < 1.29 is 0 Å². The number of aromatic nitrogens is 2. The van der Waals surface area contributed by atoms with Gasteiger partial charge in [0.2, 0.25) is 0 Å². The molecule has 1 aromatic heterocycles. The zero-order valence-corrected chi connectivity index (χ0v) is 10.8. The van der Waals surface area contributed by atoms with E-state index in [0.29, 0.717) is 5.82 Å². The molecule has 2 aromatic rings. The molecule has 5 nitrogen and oxygen atoms in total. The standard InChI is InChI=1S/C11H12BrN5/c1-7-10(14-6-15-11(7)17-13)16-9-4-2-8(12)3-5-9/h2-6H,13H2,1H3,(H2,14,15,16,17). The van der Waals surface area contributed by atoms with Crippen LogP contribution >= 0.6 is 15.9 Å². The first-order valence-corrected chi connectivity index (χ1v) is 5.81. The van der Waals surface area contributed by atoms with Gasteiger partial charge in [0.05, 0.1) is 0 Å². The SMILES string of the molecule is Cc1c(NN)ncnc1Nc1ccc(Br)cc1. The molecule has 0 radical (unpaired) electrons. The van der Waals surface area contributed by atoms with Crippen molar-refractivity contribution in [3.05, 3.63) is 40.6 Å². The minimum atomic E-state index is 0.611. The third-order valence-electron chi connectivity index (χ3n) is 2.33. The molecule has 1 aromatic carbocycles. The summed E-state index contributed by atoms with van der Waals surface area (Å²) >= 11 is 3.39. The number of halogens is 1. The molecular formula is C11H12BrN5. The van der Waals surface area contributed by atoms with Gasteiger partial charge in [-0.05, 0) is 31.2 Å². The van der Waals surface area contributed by atoms with Gasteiger partial charge in [-0.15, -0.1) is 0 Å². The number of nitrogen functional groups attached to an aromatic ring is 1. The van der Waals surface area contributed by atoms with Crippen LogP contribution in [0.5, 0.6) is 0 Å². The number of benzene rings is 1. The van der Waals surface area contributed by atoms with Crippen molar-refractivity contribution in [2.24, 2.45) is 5.84 Å². The van der Waals surface area contributed by atoms with Crippen molar-refractivity contribution in [3.63, 3.8) is 0 Å². The van der Waals surface area contributed by atoms with Gasteiger partial charge in [-0.25, -0.2) is 15.8 Å². The highest BCUT2D eigenvalue weighted by molar-refractivity contribution is 9.10. The lowest BCUT2D eigenvalue weighted by Crippen LogP contribution is -2.11. The number of rotatable bonds is 3. The van der Waals surface area contributed by atoms with E-state index in [-0.39, 0.29) is 0 Å². The molecule has 0 atom stereocenters. The third kappa shape index (κ3) is 2.72. The second kappa shape index (κ2) is 5.11. The molecule has 0 aliphatic carbocycles. The van der Waals surface area contributed by atoms with E-state index in [0.717, 1.165) is 21.5 Å². The monoisotopic (exact) mass is 293 g/mol. The summed E-state index contributed by atoms with van der Waals surface area (Å²) in [5.41, 5.74) is 4.36. The maximum absolute atomic E-state index is 5.36. The average molecular weight is 294 g/mol. The van der Waals surface area contributed by atoms with Crippen LogP contribution in [0.25, 0.3) is 0 Å². The second-order valence-electron chi connectivity index (χ2n) is 3.47.